The molecule has 0 aromatic carbocycles. The molecule has 22 heavy (non-hydrogen) atoms. The first-order chi connectivity index (χ1) is 10.4. The molecule has 0 unspecified atom stereocenters. The monoisotopic (exact) mass is 450 g/mol. The third-order valence-corrected chi connectivity index (χ3v) is 16.5. The van der Waals surface area contributed by atoms with Crippen molar-refractivity contribution in [1.29, 1.82) is 0 Å². The van der Waals surface area contributed by atoms with Crippen molar-refractivity contribution in [1.82, 2.24) is 0 Å². The standard InChI is InChI=1S/C8H13Ge.3C3H7O.Zr/c1-9(2,3)8-6-4-5-7-8;3*1-2-3-4;/h4,6H,5H2,1-3H3;3*2-3H2,1H3;/q;3*-1;+3. The molecule has 0 spiro atoms. The number of rotatable bonds is 11. The third-order valence-electron chi connectivity index (χ3n) is 3.60. The predicted molar refractivity (Wildman–Crippen MR) is 92.9 cm³/mol. The summed E-state index contributed by atoms with van der Waals surface area (Å²) in [6.45, 7) is 8.70. The maximum absolute atomic E-state index is 6.39. The summed E-state index contributed by atoms with van der Waals surface area (Å²) in [6.07, 6.45) is 8.63. The first kappa shape index (κ1) is 20.8. The summed E-state index contributed by atoms with van der Waals surface area (Å²) in [7, 11) is 0. The van der Waals surface area contributed by atoms with Gasteiger partial charge in [-0.05, 0) is 0 Å². The summed E-state index contributed by atoms with van der Waals surface area (Å²) in [5, 5.41) is 0. The normalized spacial score (nSPS) is 15.9. The van der Waals surface area contributed by atoms with Crippen molar-refractivity contribution in [3.63, 3.8) is 0 Å². The van der Waals surface area contributed by atoms with Gasteiger partial charge >= 0.3 is 147 Å². The second kappa shape index (κ2) is 9.93. The quantitative estimate of drug-likeness (QED) is 0.402. The fourth-order valence-electron chi connectivity index (χ4n) is 2.59. The van der Waals surface area contributed by atoms with Crippen LogP contribution >= 0.6 is 0 Å². The van der Waals surface area contributed by atoms with Gasteiger partial charge in [-0.25, -0.2) is 0 Å². The molecule has 0 bridgehead atoms. The first-order valence-electron chi connectivity index (χ1n) is 8.73. The average Bonchev–Trinajstić information content (AvgIpc) is 2.97. The first-order valence-corrected chi connectivity index (χ1v) is 20.3. The van der Waals surface area contributed by atoms with Gasteiger partial charge < -0.3 is 0 Å². The van der Waals surface area contributed by atoms with Gasteiger partial charge in [-0.3, -0.25) is 0 Å². The zero-order valence-electron chi connectivity index (χ0n) is 15.3. The molecule has 0 atom stereocenters. The van der Waals surface area contributed by atoms with E-state index in [0.29, 0.717) is 0 Å². The van der Waals surface area contributed by atoms with E-state index >= 15 is 0 Å². The summed E-state index contributed by atoms with van der Waals surface area (Å²) >= 11 is -5.57. The van der Waals surface area contributed by atoms with Crippen molar-refractivity contribution in [3.05, 3.63) is 19.8 Å². The van der Waals surface area contributed by atoms with Crippen LogP contribution in [0.3, 0.4) is 0 Å². The van der Waals surface area contributed by atoms with E-state index in [1.807, 2.05) is 0 Å². The van der Waals surface area contributed by atoms with E-state index in [0.717, 1.165) is 45.5 Å². The van der Waals surface area contributed by atoms with E-state index in [-0.39, 0.29) is 0 Å². The second-order valence-corrected chi connectivity index (χ2v) is 23.8. The van der Waals surface area contributed by atoms with Gasteiger partial charge in [-0.2, -0.15) is 0 Å². The molecule has 128 valence electrons. The van der Waals surface area contributed by atoms with Crippen LogP contribution in [0.4, 0.5) is 0 Å². The van der Waals surface area contributed by atoms with Crippen LogP contribution in [0, 0.1) is 0 Å². The molecule has 0 saturated heterocycles. The van der Waals surface area contributed by atoms with Crippen LogP contribution in [-0.4, -0.2) is 33.1 Å². The minimum absolute atomic E-state index is 0.747. The van der Waals surface area contributed by atoms with Crippen LogP contribution in [0.5, 0.6) is 0 Å². The molecule has 0 aromatic heterocycles. The van der Waals surface area contributed by atoms with Crippen molar-refractivity contribution in [2.24, 2.45) is 0 Å². The van der Waals surface area contributed by atoms with Crippen LogP contribution in [0.15, 0.2) is 19.8 Å². The van der Waals surface area contributed by atoms with Gasteiger partial charge in [0.1, 0.15) is 0 Å². The summed E-state index contributed by atoms with van der Waals surface area (Å²) in [6, 6.07) is 0. The number of hydrogen-bond donors (Lipinski definition) is 0. The van der Waals surface area contributed by atoms with Crippen molar-refractivity contribution in [2.45, 2.75) is 63.7 Å². The molecule has 3 nitrogen and oxygen atoms in total. The Labute approximate surface area is 146 Å². The molecule has 0 amide bonds. The van der Waals surface area contributed by atoms with Gasteiger partial charge in [-0.1, -0.05) is 0 Å². The molecule has 0 aliphatic heterocycles. The van der Waals surface area contributed by atoms with Gasteiger partial charge in [-0.15, -0.1) is 0 Å². The Morgan fingerprint density at radius 2 is 1.36 bits per heavy atom. The molecular formula is C17H34GeO3Zr. The molecular weight excluding hydrogens is 416 g/mol. The minimum atomic E-state index is -3.64. The average molecular weight is 450 g/mol. The molecule has 0 saturated carbocycles. The molecule has 5 heteroatoms. The topological polar surface area (TPSA) is 27.7 Å². The van der Waals surface area contributed by atoms with E-state index in [1.54, 1.807) is 4.41 Å². The van der Waals surface area contributed by atoms with E-state index in [9.17, 15) is 0 Å². The summed E-state index contributed by atoms with van der Waals surface area (Å²) in [5.41, 5.74) is 0. The van der Waals surface area contributed by atoms with E-state index in [4.69, 9.17) is 8.44 Å². The molecule has 1 aliphatic carbocycles. The molecule has 0 heterocycles. The molecule has 1 aliphatic rings. The van der Waals surface area contributed by atoms with Gasteiger partial charge in [0.05, 0.1) is 0 Å². The Morgan fingerprint density at radius 3 is 1.73 bits per heavy atom. The molecule has 0 aromatic rings. The van der Waals surface area contributed by atoms with Gasteiger partial charge in [0.15, 0.2) is 0 Å². The van der Waals surface area contributed by atoms with Crippen molar-refractivity contribution >= 4 is 13.3 Å². The van der Waals surface area contributed by atoms with Crippen LogP contribution in [0.2, 0.25) is 17.3 Å². The van der Waals surface area contributed by atoms with Crippen LogP contribution in [0.25, 0.3) is 0 Å². The predicted octanol–water partition coefficient (Wildman–Crippen LogP) is 5.26. The van der Waals surface area contributed by atoms with Gasteiger partial charge in [0, 0.05) is 0 Å². The summed E-state index contributed by atoms with van der Waals surface area (Å²) in [4.78, 5) is 0. The maximum atomic E-state index is 6.39. The van der Waals surface area contributed by atoms with E-state index < -0.39 is 34.9 Å². The van der Waals surface area contributed by atoms with E-state index in [1.165, 1.54) is 3.28 Å². The van der Waals surface area contributed by atoms with Gasteiger partial charge in [0.2, 0.25) is 0 Å². The Kier molecular flexibility index (Phi) is 9.40. The fourth-order valence-corrected chi connectivity index (χ4v) is 20.0. The Bertz CT molecular complexity index is 377. The van der Waals surface area contributed by atoms with Crippen LogP contribution < -0.4 is 0 Å². The number of allylic oxidation sites excluding steroid dienone is 4. The zero-order chi connectivity index (χ0) is 16.6. The van der Waals surface area contributed by atoms with Crippen LogP contribution in [0.1, 0.15) is 46.5 Å². The third kappa shape index (κ3) is 5.70. The SMILES string of the molecule is CCC[O][Zr]([O]CCC)([O]CCC)[C]1=[C]([Ge]([CH3])([CH3])[CH3])C=CC1. The zero-order valence-corrected chi connectivity index (χ0v) is 19.9. The molecule has 1 rings (SSSR count). The molecule has 0 radical (unpaired) electrons. The van der Waals surface area contributed by atoms with Crippen molar-refractivity contribution in [3.8, 4) is 0 Å². The van der Waals surface area contributed by atoms with E-state index in [2.05, 4.69) is 50.2 Å². The Hall–Kier alpha value is 0.786. The number of hydrogen-bond acceptors (Lipinski definition) is 3. The van der Waals surface area contributed by atoms with Crippen molar-refractivity contribution < 1.29 is 30.0 Å². The summed E-state index contributed by atoms with van der Waals surface area (Å²) in [5.74, 6) is 7.34. The summed E-state index contributed by atoms with van der Waals surface area (Å²) < 4.78 is 22.2. The second-order valence-electron chi connectivity index (χ2n) is 6.85. The van der Waals surface area contributed by atoms with Crippen LogP contribution in [-0.2, 0) is 30.0 Å². The van der Waals surface area contributed by atoms with Crippen molar-refractivity contribution in [2.75, 3.05) is 19.8 Å². The Balaban J connectivity index is 3.19. The van der Waals surface area contributed by atoms with Gasteiger partial charge in [0.25, 0.3) is 0 Å². The fraction of sp³-hybridized carbons (Fsp3) is 0.765. The molecule has 0 N–H and O–H groups in total. The Morgan fingerprint density at radius 1 is 0.909 bits per heavy atom. The molecule has 0 fully saturated rings.